The number of halogens is 1. The van der Waals surface area contributed by atoms with Gasteiger partial charge in [0.2, 0.25) is 11.8 Å². The zero-order chi connectivity index (χ0) is 13.5. The Balaban J connectivity index is 1.67. The van der Waals surface area contributed by atoms with Gasteiger partial charge >= 0.3 is 0 Å². The third-order valence-corrected chi connectivity index (χ3v) is 2.55. The second-order valence-corrected chi connectivity index (χ2v) is 4.26. The summed E-state index contributed by atoms with van der Waals surface area (Å²) in [5.41, 5.74) is 0.677. The highest BCUT2D eigenvalue weighted by atomic mass is 35.5. The second kappa shape index (κ2) is 6.86. The van der Waals surface area contributed by atoms with E-state index in [1.54, 1.807) is 24.3 Å². The zero-order valence-electron chi connectivity index (χ0n) is 10.1. The molecule has 2 N–H and O–H groups in total. The van der Waals surface area contributed by atoms with Crippen molar-refractivity contribution in [1.29, 1.82) is 0 Å². The van der Waals surface area contributed by atoms with E-state index >= 15 is 0 Å². The molecule has 6 nitrogen and oxygen atoms in total. The SMILES string of the molecule is O=C(CNCCc1ncno1)Nc1cccc(Cl)c1. The van der Waals surface area contributed by atoms with Crippen LogP contribution in [0.5, 0.6) is 0 Å². The normalized spacial score (nSPS) is 10.4. The summed E-state index contributed by atoms with van der Waals surface area (Å²) in [5, 5.41) is 9.80. The number of carbonyl (C=O) groups excluding carboxylic acids is 1. The molecule has 100 valence electrons. The average molecular weight is 281 g/mol. The van der Waals surface area contributed by atoms with Crippen LogP contribution >= 0.6 is 11.6 Å². The molecule has 0 atom stereocenters. The van der Waals surface area contributed by atoms with Gasteiger partial charge in [-0.05, 0) is 18.2 Å². The van der Waals surface area contributed by atoms with E-state index in [-0.39, 0.29) is 12.5 Å². The Hall–Kier alpha value is -1.92. The summed E-state index contributed by atoms with van der Waals surface area (Å²) in [6.07, 6.45) is 1.94. The summed E-state index contributed by atoms with van der Waals surface area (Å²) in [6, 6.07) is 7.00. The highest BCUT2D eigenvalue weighted by Gasteiger charge is 2.03. The Bertz CT molecular complexity index is 530. The highest BCUT2D eigenvalue weighted by Crippen LogP contribution is 2.14. The fourth-order valence-electron chi connectivity index (χ4n) is 1.47. The maximum atomic E-state index is 11.6. The largest absolute Gasteiger partial charge is 0.340 e. The summed E-state index contributed by atoms with van der Waals surface area (Å²) >= 11 is 5.82. The van der Waals surface area contributed by atoms with E-state index < -0.39 is 0 Å². The Morgan fingerprint density at radius 2 is 2.32 bits per heavy atom. The molecule has 0 saturated carbocycles. The molecule has 1 amide bonds. The van der Waals surface area contributed by atoms with E-state index in [9.17, 15) is 4.79 Å². The number of aromatic nitrogens is 2. The van der Waals surface area contributed by atoms with Crippen molar-refractivity contribution in [3.8, 4) is 0 Å². The third-order valence-electron chi connectivity index (χ3n) is 2.32. The van der Waals surface area contributed by atoms with Gasteiger partial charge in [-0.1, -0.05) is 22.8 Å². The first-order valence-corrected chi connectivity index (χ1v) is 6.13. The molecule has 2 aromatic rings. The molecule has 0 aliphatic rings. The van der Waals surface area contributed by atoms with Gasteiger partial charge in [0, 0.05) is 23.7 Å². The van der Waals surface area contributed by atoms with Gasteiger partial charge in [-0.25, -0.2) is 0 Å². The Morgan fingerprint density at radius 3 is 3.05 bits per heavy atom. The van der Waals surface area contributed by atoms with Crippen LogP contribution in [-0.2, 0) is 11.2 Å². The molecule has 19 heavy (non-hydrogen) atoms. The van der Waals surface area contributed by atoms with Crippen molar-refractivity contribution in [2.45, 2.75) is 6.42 Å². The number of anilines is 1. The molecule has 0 radical (unpaired) electrons. The van der Waals surface area contributed by atoms with Crippen molar-refractivity contribution in [2.75, 3.05) is 18.4 Å². The van der Waals surface area contributed by atoms with Gasteiger partial charge in [-0.2, -0.15) is 4.98 Å². The van der Waals surface area contributed by atoms with Crippen molar-refractivity contribution in [1.82, 2.24) is 15.5 Å². The maximum Gasteiger partial charge on any atom is 0.238 e. The van der Waals surface area contributed by atoms with E-state index in [0.29, 0.717) is 29.6 Å². The Kier molecular flexibility index (Phi) is 4.88. The van der Waals surface area contributed by atoms with Crippen LogP contribution in [0.25, 0.3) is 0 Å². The summed E-state index contributed by atoms with van der Waals surface area (Å²) in [7, 11) is 0. The van der Waals surface area contributed by atoms with Crippen LogP contribution in [0, 0.1) is 0 Å². The number of amides is 1. The van der Waals surface area contributed by atoms with Gasteiger partial charge in [0.05, 0.1) is 6.54 Å². The first kappa shape index (κ1) is 13.5. The fraction of sp³-hybridized carbons (Fsp3) is 0.250. The minimum atomic E-state index is -0.132. The smallest absolute Gasteiger partial charge is 0.238 e. The van der Waals surface area contributed by atoms with Crippen LogP contribution in [0.1, 0.15) is 5.89 Å². The average Bonchev–Trinajstić information content (AvgIpc) is 2.88. The van der Waals surface area contributed by atoms with Crippen molar-refractivity contribution >= 4 is 23.2 Å². The molecule has 0 unspecified atom stereocenters. The fourth-order valence-corrected chi connectivity index (χ4v) is 1.67. The van der Waals surface area contributed by atoms with E-state index in [1.807, 2.05) is 0 Å². The van der Waals surface area contributed by atoms with Gasteiger partial charge in [0.15, 0.2) is 6.33 Å². The molecule has 7 heteroatoms. The number of hydrogen-bond donors (Lipinski definition) is 2. The lowest BCUT2D eigenvalue weighted by Gasteiger charge is -2.06. The maximum absolute atomic E-state index is 11.6. The number of carbonyl (C=O) groups is 1. The molecule has 0 aliphatic heterocycles. The Labute approximate surface area is 115 Å². The van der Waals surface area contributed by atoms with Crippen molar-refractivity contribution in [2.24, 2.45) is 0 Å². The second-order valence-electron chi connectivity index (χ2n) is 3.82. The number of hydrogen-bond acceptors (Lipinski definition) is 5. The lowest BCUT2D eigenvalue weighted by Crippen LogP contribution is -2.29. The first-order valence-electron chi connectivity index (χ1n) is 5.76. The van der Waals surface area contributed by atoms with E-state index in [0.717, 1.165) is 0 Å². The van der Waals surface area contributed by atoms with Crippen LogP contribution in [0.15, 0.2) is 35.1 Å². The predicted molar refractivity (Wildman–Crippen MR) is 71.0 cm³/mol. The van der Waals surface area contributed by atoms with Crippen LogP contribution in [0.4, 0.5) is 5.69 Å². The van der Waals surface area contributed by atoms with Crippen LogP contribution in [0.3, 0.4) is 0 Å². The Morgan fingerprint density at radius 1 is 1.42 bits per heavy atom. The number of rotatable bonds is 6. The minimum absolute atomic E-state index is 0.132. The standard InChI is InChI=1S/C12H13ClN4O2/c13-9-2-1-3-10(6-9)17-11(18)7-14-5-4-12-15-8-16-19-12/h1-3,6,8,14H,4-5,7H2,(H,17,18). The molecule has 1 aromatic heterocycles. The zero-order valence-corrected chi connectivity index (χ0v) is 10.9. The monoisotopic (exact) mass is 280 g/mol. The molecule has 1 aromatic carbocycles. The molecule has 0 aliphatic carbocycles. The van der Waals surface area contributed by atoms with Gasteiger partial charge < -0.3 is 15.2 Å². The van der Waals surface area contributed by atoms with Gasteiger partial charge in [0.25, 0.3) is 0 Å². The van der Waals surface area contributed by atoms with Gasteiger partial charge in [-0.3, -0.25) is 4.79 Å². The number of nitrogens with one attached hydrogen (secondary N) is 2. The first-order chi connectivity index (χ1) is 9.24. The molecule has 0 spiro atoms. The van der Waals surface area contributed by atoms with Gasteiger partial charge in [0.1, 0.15) is 0 Å². The van der Waals surface area contributed by atoms with E-state index in [4.69, 9.17) is 16.1 Å². The molecule has 1 heterocycles. The lowest BCUT2D eigenvalue weighted by molar-refractivity contribution is -0.115. The van der Waals surface area contributed by atoms with Crippen molar-refractivity contribution in [3.63, 3.8) is 0 Å². The molecule has 2 rings (SSSR count). The van der Waals surface area contributed by atoms with Crippen molar-refractivity contribution < 1.29 is 9.32 Å². The summed E-state index contributed by atoms with van der Waals surface area (Å²) < 4.78 is 4.83. The summed E-state index contributed by atoms with van der Waals surface area (Å²) in [5.74, 6) is 0.413. The highest BCUT2D eigenvalue weighted by molar-refractivity contribution is 6.30. The summed E-state index contributed by atoms with van der Waals surface area (Å²) in [4.78, 5) is 15.5. The molecular weight excluding hydrogens is 268 g/mol. The lowest BCUT2D eigenvalue weighted by atomic mass is 10.3. The molecule has 0 fully saturated rings. The number of nitrogens with zero attached hydrogens (tertiary/aromatic N) is 2. The third kappa shape index (κ3) is 4.69. The van der Waals surface area contributed by atoms with E-state index in [2.05, 4.69) is 20.8 Å². The predicted octanol–water partition coefficient (Wildman–Crippen LogP) is 1.49. The van der Waals surface area contributed by atoms with Gasteiger partial charge in [-0.15, -0.1) is 0 Å². The number of benzene rings is 1. The minimum Gasteiger partial charge on any atom is -0.340 e. The van der Waals surface area contributed by atoms with Crippen molar-refractivity contribution in [3.05, 3.63) is 41.5 Å². The molecule has 0 saturated heterocycles. The quantitative estimate of drug-likeness (QED) is 0.784. The van der Waals surface area contributed by atoms with E-state index in [1.165, 1.54) is 6.33 Å². The van der Waals surface area contributed by atoms with Crippen LogP contribution in [0.2, 0.25) is 5.02 Å². The molecule has 0 bridgehead atoms. The topological polar surface area (TPSA) is 80.1 Å². The van der Waals surface area contributed by atoms with Crippen LogP contribution in [-0.4, -0.2) is 29.1 Å². The van der Waals surface area contributed by atoms with Crippen LogP contribution < -0.4 is 10.6 Å². The summed E-state index contributed by atoms with van der Waals surface area (Å²) in [6.45, 7) is 0.797. The molecular formula is C12H13ClN4O2.